The van der Waals surface area contributed by atoms with Crippen molar-refractivity contribution in [3.63, 3.8) is 0 Å². The van der Waals surface area contributed by atoms with Crippen LogP contribution in [0, 0.1) is 56.2 Å². The van der Waals surface area contributed by atoms with Crippen LogP contribution in [0.2, 0.25) is 0 Å². The first-order valence-electron chi connectivity index (χ1n) is 14.3. The largest absolute Gasteiger partial charge is 0.411 e. The van der Waals surface area contributed by atoms with Crippen LogP contribution in [0.15, 0.2) is 5.16 Å². The van der Waals surface area contributed by atoms with Gasteiger partial charge in [-0.2, -0.15) is 0 Å². The van der Waals surface area contributed by atoms with Crippen LogP contribution in [0.3, 0.4) is 0 Å². The molecule has 0 radical (unpaired) electrons. The Hall–Kier alpha value is -0.610. The molecule has 2 N–H and O–H groups in total. The minimum atomic E-state index is -0.640. The van der Waals surface area contributed by atoms with Crippen LogP contribution >= 0.6 is 0 Å². The lowest BCUT2D eigenvalue weighted by molar-refractivity contribution is -0.240. The molecule has 34 heavy (non-hydrogen) atoms. The SMILES string of the molecule is CC1(C)CC[C@]23CC[C@]4(C)[C@H](CC[C@@H]5[C@@]6(C)C/C(=N\O)[C@H](O)C(C)(C)[C@@H]6CC[C@]54C)[C@H]2[C@H]1OC3. The summed E-state index contributed by atoms with van der Waals surface area (Å²) in [5, 5.41) is 24.6. The van der Waals surface area contributed by atoms with Crippen LogP contribution in [0.1, 0.15) is 106 Å². The Morgan fingerprint density at radius 3 is 2.24 bits per heavy atom. The van der Waals surface area contributed by atoms with Gasteiger partial charge in [0.15, 0.2) is 0 Å². The minimum absolute atomic E-state index is 0.0712. The van der Waals surface area contributed by atoms with Crippen molar-refractivity contribution in [3.05, 3.63) is 0 Å². The molecule has 5 aliphatic carbocycles. The molecule has 6 fully saturated rings. The highest BCUT2D eigenvalue weighted by atomic mass is 16.5. The number of fused-ring (bicyclic) bond motifs is 5. The van der Waals surface area contributed by atoms with E-state index < -0.39 is 6.10 Å². The zero-order chi connectivity index (χ0) is 24.5. The van der Waals surface area contributed by atoms with E-state index in [-0.39, 0.29) is 16.2 Å². The lowest BCUT2D eigenvalue weighted by Crippen LogP contribution is -2.68. The highest BCUT2D eigenvalue weighted by Gasteiger charge is 2.73. The first-order chi connectivity index (χ1) is 15.8. The summed E-state index contributed by atoms with van der Waals surface area (Å²) >= 11 is 0. The number of hydrogen-bond donors (Lipinski definition) is 2. The number of rotatable bonds is 0. The highest BCUT2D eigenvalue weighted by Crippen LogP contribution is 2.77. The Bertz CT molecular complexity index is 911. The van der Waals surface area contributed by atoms with Gasteiger partial charge in [0, 0.05) is 0 Å². The molecule has 6 aliphatic rings. The predicted molar refractivity (Wildman–Crippen MR) is 135 cm³/mol. The van der Waals surface area contributed by atoms with Crippen molar-refractivity contribution >= 4 is 5.71 Å². The van der Waals surface area contributed by atoms with Crippen molar-refractivity contribution < 1.29 is 15.1 Å². The van der Waals surface area contributed by atoms with E-state index in [1.165, 1.54) is 51.4 Å². The van der Waals surface area contributed by atoms with Crippen LogP contribution in [-0.4, -0.2) is 34.8 Å². The summed E-state index contributed by atoms with van der Waals surface area (Å²) in [7, 11) is 0. The molecule has 5 saturated carbocycles. The van der Waals surface area contributed by atoms with Gasteiger partial charge in [-0.25, -0.2) is 0 Å². The number of hydrogen-bond acceptors (Lipinski definition) is 4. The monoisotopic (exact) mass is 471 g/mol. The first kappa shape index (κ1) is 23.8. The molecule has 2 bridgehead atoms. The van der Waals surface area contributed by atoms with Crippen molar-refractivity contribution in [1.82, 2.24) is 0 Å². The van der Waals surface area contributed by atoms with Gasteiger partial charge < -0.3 is 15.1 Å². The second-order valence-corrected chi connectivity index (χ2v) is 15.8. The Morgan fingerprint density at radius 1 is 0.824 bits per heavy atom. The second-order valence-electron chi connectivity index (χ2n) is 15.8. The fraction of sp³-hybridized carbons (Fsp3) is 0.967. The maximum absolute atomic E-state index is 11.1. The van der Waals surface area contributed by atoms with Gasteiger partial charge in [0.2, 0.25) is 0 Å². The molecule has 4 nitrogen and oxygen atoms in total. The van der Waals surface area contributed by atoms with E-state index in [0.717, 1.165) is 24.9 Å². The van der Waals surface area contributed by atoms with E-state index >= 15 is 0 Å². The summed E-state index contributed by atoms with van der Waals surface area (Å²) in [6.07, 6.45) is 10.9. The van der Waals surface area contributed by atoms with Crippen molar-refractivity contribution in [1.29, 1.82) is 0 Å². The number of oxime groups is 1. The van der Waals surface area contributed by atoms with Crippen molar-refractivity contribution in [2.75, 3.05) is 6.61 Å². The molecule has 1 saturated heterocycles. The Morgan fingerprint density at radius 2 is 1.53 bits per heavy atom. The van der Waals surface area contributed by atoms with Crippen molar-refractivity contribution in [3.8, 4) is 0 Å². The molecule has 10 atom stereocenters. The third-order valence-corrected chi connectivity index (χ3v) is 14.0. The summed E-state index contributed by atoms with van der Waals surface area (Å²) in [5.74, 6) is 2.54. The fourth-order valence-electron chi connectivity index (χ4n) is 12.0. The molecule has 0 aromatic rings. The molecular formula is C30H49NO3. The van der Waals surface area contributed by atoms with Gasteiger partial charge in [-0.3, -0.25) is 0 Å². The van der Waals surface area contributed by atoms with Crippen molar-refractivity contribution in [2.24, 2.45) is 61.3 Å². The van der Waals surface area contributed by atoms with Crippen molar-refractivity contribution in [2.45, 2.75) is 118 Å². The zero-order valence-electron chi connectivity index (χ0n) is 22.8. The summed E-state index contributed by atoms with van der Waals surface area (Å²) in [4.78, 5) is 0. The van der Waals surface area contributed by atoms with E-state index in [2.05, 4.69) is 53.6 Å². The van der Waals surface area contributed by atoms with E-state index in [1.54, 1.807) is 0 Å². The average Bonchev–Trinajstić information content (AvgIpc) is 3.10. The molecular weight excluding hydrogens is 422 g/mol. The number of aliphatic hydroxyl groups is 1. The van der Waals surface area contributed by atoms with E-state index in [1.807, 2.05) is 0 Å². The molecule has 0 spiro atoms. The smallest absolute Gasteiger partial charge is 0.101 e. The Labute approximate surface area is 207 Å². The molecule has 0 aromatic carbocycles. The fourth-order valence-corrected chi connectivity index (χ4v) is 12.0. The third kappa shape index (κ3) is 2.56. The normalized spacial score (nSPS) is 58.4. The summed E-state index contributed by atoms with van der Waals surface area (Å²) < 4.78 is 6.70. The molecule has 6 rings (SSSR count). The maximum Gasteiger partial charge on any atom is 0.101 e. The first-order valence-corrected chi connectivity index (χ1v) is 14.3. The Balaban J connectivity index is 1.41. The van der Waals surface area contributed by atoms with Gasteiger partial charge in [0.25, 0.3) is 0 Å². The van der Waals surface area contributed by atoms with E-state index in [4.69, 9.17) is 4.74 Å². The van der Waals surface area contributed by atoms with E-state index in [9.17, 15) is 10.3 Å². The van der Waals surface area contributed by atoms with Gasteiger partial charge in [-0.05, 0) is 114 Å². The topological polar surface area (TPSA) is 62.1 Å². The maximum atomic E-state index is 11.1. The van der Waals surface area contributed by atoms with Crippen LogP contribution in [0.25, 0.3) is 0 Å². The standard InChI is InChI=1S/C30H49NO3/c1-25(2)12-14-30-15-13-28(6)18(22(30)24(25)34-17-30)8-9-21-27(5)16-19(31-33)23(32)26(3,4)20(27)10-11-29(21,28)7/h18,20-24,32-33H,8-17H2,1-7H3/b31-19+/t18-,20+,21-,22+,23+,24-,27+,28-,29-,30-/m1/s1. The molecule has 1 heterocycles. The summed E-state index contributed by atoms with van der Waals surface area (Å²) in [6, 6.07) is 0. The quantitative estimate of drug-likeness (QED) is 0.306. The molecule has 0 aromatic heterocycles. The van der Waals surface area contributed by atoms with Crippen LogP contribution in [0.5, 0.6) is 0 Å². The number of nitrogens with zero attached hydrogens (tertiary/aromatic N) is 1. The second kappa shape index (κ2) is 6.82. The third-order valence-electron chi connectivity index (χ3n) is 14.0. The van der Waals surface area contributed by atoms with Gasteiger partial charge >= 0.3 is 0 Å². The van der Waals surface area contributed by atoms with E-state index in [0.29, 0.717) is 39.9 Å². The van der Waals surface area contributed by atoms with Crippen LogP contribution in [0.4, 0.5) is 0 Å². The molecule has 1 aliphatic heterocycles. The lowest BCUT2D eigenvalue weighted by Gasteiger charge is -2.73. The molecule has 0 unspecified atom stereocenters. The van der Waals surface area contributed by atoms with Gasteiger partial charge in [0.05, 0.1) is 18.4 Å². The summed E-state index contributed by atoms with van der Waals surface area (Å²) in [5.41, 5.74) is 1.76. The average molecular weight is 472 g/mol. The zero-order valence-corrected chi connectivity index (χ0v) is 22.8. The molecule has 192 valence electrons. The van der Waals surface area contributed by atoms with Gasteiger partial charge in [0.1, 0.15) is 6.10 Å². The lowest BCUT2D eigenvalue weighted by atomic mass is 9.31. The molecule has 4 heteroatoms. The summed E-state index contributed by atoms with van der Waals surface area (Å²) in [6.45, 7) is 18.2. The highest BCUT2D eigenvalue weighted by molar-refractivity contribution is 5.90. The Kier molecular flexibility index (Phi) is 4.77. The predicted octanol–water partition coefficient (Wildman–Crippen LogP) is 6.68. The number of aliphatic hydroxyl groups excluding tert-OH is 1. The van der Waals surface area contributed by atoms with Crippen LogP contribution < -0.4 is 0 Å². The van der Waals surface area contributed by atoms with Crippen LogP contribution in [-0.2, 0) is 4.74 Å². The van der Waals surface area contributed by atoms with Gasteiger partial charge in [-0.1, -0.05) is 53.6 Å². The van der Waals surface area contributed by atoms with Gasteiger partial charge in [-0.15, -0.1) is 0 Å². The minimum Gasteiger partial charge on any atom is -0.411 e. The molecule has 0 amide bonds. The number of ether oxygens (including phenoxy) is 1.